The molecule has 0 aliphatic heterocycles. The Morgan fingerprint density at radius 2 is 2.14 bits per heavy atom. The molecule has 0 radical (unpaired) electrons. The third-order valence-corrected chi connectivity index (χ3v) is 4.54. The minimum atomic E-state index is -0.666. The van der Waals surface area contributed by atoms with Crippen molar-refractivity contribution >= 4 is 35.2 Å². The second-order valence-corrected chi connectivity index (χ2v) is 6.57. The highest BCUT2D eigenvalue weighted by atomic mass is 35.5. The van der Waals surface area contributed by atoms with E-state index in [1.165, 1.54) is 36.4 Å². The molecule has 3 rings (SSSR count). The van der Waals surface area contributed by atoms with Gasteiger partial charge in [0.25, 0.3) is 0 Å². The van der Waals surface area contributed by atoms with E-state index in [-0.39, 0.29) is 12.3 Å². The maximum atomic E-state index is 14.0. The SMILES string of the molecule is Cc1nn(Cc2c(F)cccc2Cl)c(C)c1NC(=O)/C=C/c1ccc([N+](=O)[O-])o1. The summed E-state index contributed by atoms with van der Waals surface area (Å²) < 4.78 is 20.5. The molecule has 29 heavy (non-hydrogen) atoms. The molecule has 10 heteroatoms. The van der Waals surface area contributed by atoms with Crippen LogP contribution in [0.2, 0.25) is 5.02 Å². The Hall–Kier alpha value is -3.46. The zero-order chi connectivity index (χ0) is 21.1. The van der Waals surface area contributed by atoms with Gasteiger partial charge in [-0.05, 0) is 38.1 Å². The first kappa shape index (κ1) is 20.3. The van der Waals surface area contributed by atoms with Crippen LogP contribution < -0.4 is 5.32 Å². The number of carbonyl (C=O) groups is 1. The molecule has 0 bridgehead atoms. The summed E-state index contributed by atoms with van der Waals surface area (Å²) in [6.45, 7) is 3.56. The molecule has 2 aromatic heterocycles. The summed E-state index contributed by atoms with van der Waals surface area (Å²) in [5, 5.41) is 17.9. The lowest BCUT2D eigenvalue weighted by Gasteiger charge is -2.08. The Morgan fingerprint density at radius 3 is 2.79 bits per heavy atom. The molecule has 1 N–H and O–H groups in total. The molecule has 150 valence electrons. The van der Waals surface area contributed by atoms with Crippen LogP contribution in [0.4, 0.5) is 16.0 Å². The van der Waals surface area contributed by atoms with Gasteiger partial charge in [0.1, 0.15) is 16.5 Å². The molecular weight excluding hydrogens is 403 g/mol. The maximum absolute atomic E-state index is 14.0. The summed E-state index contributed by atoms with van der Waals surface area (Å²) >= 11 is 6.07. The Kier molecular flexibility index (Phi) is 5.79. The number of furan rings is 1. The van der Waals surface area contributed by atoms with Crippen LogP contribution in [0.1, 0.15) is 22.7 Å². The zero-order valence-corrected chi connectivity index (χ0v) is 16.2. The smallest absolute Gasteiger partial charge is 0.401 e. The molecule has 8 nitrogen and oxygen atoms in total. The van der Waals surface area contributed by atoms with E-state index in [1.54, 1.807) is 24.6 Å². The molecule has 1 aromatic carbocycles. The quantitative estimate of drug-likeness (QED) is 0.361. The lowest BCUT2D eigenvalue weighted by molar-refractivity contribution is -0.402. The van der Waals surface area contributed by atoms with Gasteiger partial charge in [0.2, 0.25) is 5.91 Å². The fourth-order valence-corrected chi connectivity index (χ4v) is 2.94. The van der Waals surface area contributed by atoms with E-state index in [4.69, 9.17) is 16.0 Å². The average Bonchev–Trinajstić information content (AvgIpc) is 3.24. The summed E-state index contributed by atoms with van der Waals surface area (Å²) in [5.41, 5.74) is 1.96. The zero-order valence-electron chi connectivity index (χ0n) is 15.5. The average molecular weight is 419 g/mol. The third-order valence-electron chi connectivity index (χ3n) is 4.19. The summed E-state index contributed by atoms with van der Waals surface area (Å²) in [5.74, 6) is -1.15. The van der Waals surface area contributed by atoms with Crippen molar-refractivity contribution in [2.24, 2.45) is 0 Å². The molecule has 1 amide bonds. The lowest BCUT2D eigenvalue weighted by atomic mass is 10.2. The van der Waals surface area contributed by atoms with E-state index in [9.17, 15) is 19.3 Å². The predicted molar refractivity (Wildman–Crippen MR) is 105 cm³/mol. The number of aromatic nitrogens is 2. The molecule has 0 saturated heterocycles. The molecule has 0 unspecified atom stereocenters. The highest BCUT2D eigenvalue weighted by Gasteiger charge is 2.16. The Labute approximate surface area is 169 Å². The van der Waals surface area contributed by atoms with Crippen molar-refractivity contribution in [3.63, 3.8) is 0 Å². The van der Waals surface area contributed by atoms with Gasteiger partial charge in [-0.3, -0.25) is 19.6 Å². The fraction of sp³-hybridized carbons (Fsp3) is 0.158. The minimum Gasteiger partial charge on any atom is -0.401 e. The number of nitrogens with zero attached hydrogens (tertiary/aromatic N) is 3. The number of rotatable bonds is 6. The maximum Gasteiger partial charge on any atom is 0.433 e. The fourth-order valence-electron chi connectivity index (χ4n) is 2.72. The first-order valence-electron chi connectivity index (χ1n) is 8.46. The van der Waals surface area contributed by atoms with Crippen molar-refractivity contribution in [1.29, 1.82) is 0 Å². The molecule has 0 aliphatic carbocycles. The van der Waals surface area contributed by atoms with Gasteiger partial charge in [-0.15, -0.1) is 0 Å². The number of halogens is 2. The topological polar surface area (TPSA) is 103 Å². The standard InChI is InChI=1S/C19H16ClFN4O4/c1-11-19(22-17(26)8-6-13-7-9-18(29-13)25(27)28)12(2)24(23-11)10-14-15(20)4-3-5-16(14)21/h3-9H,10H2,1-2H3,(H,22,26)/b8-6+. The number of hydrogen-bond acceptors (Lipinski definition) is 5. The van der Waals surface area contributed by atoms with Gasteiger partial charge in [-0.25, -0.2) is 4.39 Å². The molecule has 3 aromatic rings. The van der Waals surface area contributed by atoms with Crippen LogP contribution >= 0.6 is 11.6 Å². The number of nitro groups is 1. The van der Waals surface area contributed by atoms with E-state index in [0.717, 1.165) is 0 Å². The van der Waals surface area contributed by atoms with Crippen LogP contribution in [-0.4, -0.2) is 20.6 Å². The lowest BCUT2D eigenvalue weighted by Crippen LogP contribution is -2.10. The van der Waals surface area contributed by atoms with E-state index in [1.807, 2.05) is 0 Å². The van der Waals surface area contributed by atoms with Crippen molar-refractivity contribution in [2.75, 3.05) is 5.32 Å². The summed E-state index contributed by atoms with van der Waals surface area (Å²) in [7, 11) is 0. The van der Waals surface area contributed by atoms with Crippen LogP contribution in [0.5, 0.6) is 0 Å². The summed E-state index contributed by atoms with van der Waals surface area (Å²) in [4.78, 5) is 22.2. The van der Waals surface area contributed by atoms with Crippen molar-refractivity contribution in [1.82, 2.24) is 9.78 Å². The molecule has 0 spiro atoms. The van der Waals surface area contributed by atoms with Crippen LogP contribution in [0, 0.1) is 29.8 Å². The molecule has 0 saturated carbocycles. The first-order chi connectivity index (χ1) is 13.8. The second-order valence-electron chi connectivity index (χ2n) is 6.16. The number of benzene rings is 1. The molecule has 0 fully saturated rings. The van der Waals surface area contributed by atoms with E-state index in [2.05, 4.69) is 10.4 Å². The number of anilines is 1. The van der Waals surface area contributed by atoms with Crippen molar-refractivity contribution < 1.29 is 18.5 Å². The van der Waals surface area contributed by atoms with Crippen LogP contribution in [-0.2, 0) is 11.3 Å². The summed E-state index contributed by atoms with van der Waals surface area (Å²) in [6, 6.07) is 7.02. The van der Waals surface area contributed by atoms with Gasteiger partial charge in [0.05, 0.1) is 29.7 Å². The Morgan fingerprint density at radius 1 is 1.38 bits per heavy atom. The number of aryl methyl sites for hydroxylation is 1. The Balaban J connectivity index is 1.75. The molecular formula is C19H16ClFN4O4. The molecule has 2 heterocycles. The largest absolute Gasteiger partial charge is 0.433 e. The van der Waals surface area contributed by atoms with Crippen LogP contribution in [0.15, 0.2) is 40.8 Å². The third kappa shape index (κ3) is 4.52. The van der Waals surface area contributed by atoms with Gasteiger partial charge < -0.3 is 9.73 Å². The number of hydrogen-bond donors (Lipinski definition) is 1. The highest BCUT2D eigenvalue weighted by molar-refractivity contribution is 6.31. The summed E-state index contributed by atoms with van der Waals surface area (Å²) in [6.07, 6.45) is 2.50. The normalized spacial score (nSPS) is 11.2. The van der Waals surface area contributed by atoms with Crippen molar-refractivity contribution in [3.05, 3.63) is 80.1 Å². The Bertz CT molecular complexity index is 1100. The van der Waals surface area contributed by atoms with E-state index < -0.39 is 22.5 Å². The van der Waals surface area contributed by atoms with Gasteiger partial charge in [-0.2, -0.15) is 5.10 Å². The van der Waals surface area contributed by atoms with Crippen LogP contribution in [0.25, 0.3) is 6.08 Å². The van der Waals surface area contributed by atoms with Gasteiger partial charge >= 0.3 is 5.88 Å². The molecule has 0 aliphatic rings. The highest BCUT2D eigenvalue weighted by Crippen LogP contribution is 2.24. The van der Waals surface area contributed by atoms with Crippen molar-refractivity contribution in [2.45, 2.75) is 20.4 Å². The van der Waals surface area contributed by atoms with Crippen molar-refractivity contribution in [3.8, 4) is 0 Å². The van der Waals surface area contributed by atoms with Gasteiger partial charge in [-0.1, -0.05) is 17.7 Å². The monoisotopic (exact) mass is 418 g/mol. The number of amides is 1. The first-order valence-corrected chi connectivity index (χ1v) is 8.84. The predicted octanol–water partition coefficient (Wildman–Crippen LogP) is 4.49. The number of nitrogens with one attached hydrogen (secondary N) is 1. The van der Waals surface area contributed by atoms with E-state index >= 15 is 0 Å². The van der Waals surface area contributed by atoms with Gasteiger partial charge in [0.15, 0.2) is 0 Å². The number of carbonyl (C=O) groups excluding carboxylic acids is 1. The van der Waals surface area contributed by atoms with E-state index in [0.29, 0.717) is 27.7 Å². The second kappa shape index (κ2) is 8.27. The van der Waals surface area contributed by atoms with Crippen LogP contribution in [0.3, 0.4) is 0 Å². The molecule has 0 atom stereocenters. The minimum absolute atomic E-state index is 0.111. The van der Waals surface area contributed by atoms with Gasteiger partial charge in [0, 0.05) is 16.7 Å².